The van der Waals surface area contributed by atoms with Crippen molar-refractivity contribution in [3.63, 3.8) is 0 Å². The van der Waals surface area contributed by atoms with Gasteiger partial charge in [0.1, 0.15) is 0 Å². The van der Waals surface area contributed by atoms with E-state index in [1.807, 2.05) is 30.3 Å². The predicted octanol–water partition coefficient (Wildman–Crippen LogP) is 5.91. The number of carbonyl (C=O) groups is 2. The van der Waals surface area contributed by atoms with Crippen molar-refractivity contribution in [1.82, 2.24) is 0 Å². The fourth-order valence-corrected chi connectivity index (χ4v) is 6.25. The molecule has 4 rings (SSSR count). The van der Waals surface area contributed by atoms with E-state index in [0.29, 0.717) is 17.7 Å². The summed E-state index contributed by atoms with van der Waals surface area (Å²) in [4.78, 5) is 24.7. The van der Waals surface area contributed by atoms with Crippen LogP contribution in [0.1, 0.15) is 61.9 Å². The first kappa shape index (κ1) is 22.4. The van der Waals surface area contributed by atoms with Crippen molar-refractivity contribution in [2.45, 2.75) is 52.4 Å². The average Bonchev–Trinajstić information content (AvgIpc) is 3.31. The van der Waals surface area contributed by atoms with Gasteiger partial charge in [-0.3, -0.25) is 0 Å². The van der Waals surface area contributed by atoms with Gasteiger partial charge >= 0.3 is 11.9 Å². The summed E-state index contributed by atoms with van der Waals surface area (Å²) >= 11 is 0. The monoisotopic (exact) mass is 436 g/mol. The van der Waals surface area contributed by atoms with E-state index in [-0.39, 0.29) is 28.6 Å². The molecule has 0 unspecified atom stereocenters. The van der Waals surface area contributed by atoms with Crippen molar-refractivity contribution < 1.29 is 23.8 Å². The predicted molar refractivity (Wildman–Crippen MR) is 121 cm³/mol. The van der Waals surface area contributed by atoms with Crippen molar-refractivity contribution in [2.75, 3.05) is 6.61 Å². The van der Waals surface area contributed by atoms with Crippen molar-refractivity contribution in [2.24, 2.45) is 22.7 Å². The lowest BCUT2D eigenvalue weighted by Crippen LogP contribution is -2.53. The summed E-state index contributed by atoms with van der Waals surface area (Å²) in [5.41, 5.74) is 1.74. The van der Waals surface area contributed by atoms with Crippen LogP contribution in [0.15, 0.2) is 65.0 Å². The minimum atomic E-state index is -0.802. The molecule has 32 heavy (non-hydrogen) atoms. The van der Waals surface area contributed by atoms with Gasteiger partial charge in [0.15, 0.2) is 0 Å². The molecule has 2 aliphatic rings. The third-order valence-electron chi connectivity index (χ3n) is 8.12. The Morgan fingerprint density at radius 3 is 2.62 bits per heavy atom. The molecular weight excluding hydrogens is 404 g/mol. The number of carboxylic acids is 1. The Morgan fingerprint density at radius 2 is 1.94 bits per heavy atom. The lowest BCUT2D eigenvalue weighted by Gasteiger charge is -2.58. The Morgan fingerprint density at radius 1 is 1.16 bits per heavy atom. The molecule has 1 aromatic carbocycles. The van der Waals surface area contributed by atoms with Crippen LogP contribution in [0.3, 0.4) is 0 Å². The number of ether oxygens (including phenoxy) is 1. The highest BCUT2D eigenvalue weighted by Crippen LogP contribution is 2.62. The molecule has 1 heterocycles. The van der Waals surface area contributed by atoms with E-state index >= 15 is 0 Å². The maximum absolute atomic E-state index is 12.6. The van der Waals surface area contributed by atoms with Gasteiger partial charge in [0.25, 0.3) is 0 Å². The number of allylic oxidation sites excluding steroid dienone is 1. The molecule has 1 saturated carbocycles. The molecular formula is C27H32O5. The van der Waals surface area contributed by atoms with E-state index in [1.165, 1.54) is 0 Å². The lowest BCUT2D eigenvalue weighted by atomic mass is 9.46. The van der Waals surface area contributed by atoms with Crippen LogP contribution < -0.4 is 0 Å². The van der Waals surface area contributed by atoms with Gasteiger partial charge in [-0.25, -0.2) is 9.59 Å². The summed E-state index contributed by atoms with van der Waals surface area (Å²) in [7, 11) is 0. The first-order valence-electron chi connectivity index (χ1n) is 11.5. The Labute approximate surface area is 189 Å². The number of hydrogen-bond acceptors (Lipinski definition) is 4. The maximum atomic E-state index is 12.6. The third kappa shape index (κ3) is 4.13. The van der Waals surface area contributed by atoms with E-state index in [0.717, 1.165) is 44.1 Å². The van der Waals surface area contributed by atoms with E-state index in [1.54, 1.807) is 24.7 Å². The minimum Gasteiger partial charge on any atom is -0.478 e. The van der Waals surface area contributed by atoms with Crippen molar-refractivity contribution in [3.8, 4) is 0 Å². The Kier molecular flexibility index (Phi) is 6.27. The summed E-state index contributed by atoms with van der Waals surface area (Å²) < 4.78 is 11.1. The van der Waals surface area contributed by atoms with Crippen LogP contribution in [0.25, 0.3) is 0 Å². The molecule has 170 valence electrons. The number of fused-ring (bicyclic) bond motifs is 1. The van der Waals surface area contributed by atoms with Crippen molar-refractivity contribution in [3.05, 3.63) is 71.7 Å². The highest BCUT2D eigenvalue weighted by Gasteiger charge is 2.56. The van der Waals surface area contributed by atoms with Crippen LogP contribution in [0.5, 0.6) is 0 Å². The van der Waals surface area contributed by atoms with E-state index in [4.69, 9.17) is 9.15 Å². The number of esters is 1. The Balaban J connectivity index is 1.58. The van der Waals surface area contributed by atoms with Crippen LogP contribution in [0.4, 0.5) is 0 Å². The SMILES string of the molecule is C[C@@]1(CCc2ccoc2)[C@H](COC(=O)c2ccccc2)CC[C@]2(C)C(C(=O)O)=CCC[C@H]12. The topological polar surface area (TPSA) is 76.7 Å². The second kappa shape index (κ2) is 8.97. The van der Waals surface area contributed by atoms with Gasteiger partial charge in [0.05, 0.1) is 24.7 Å². The van der Waals surface area contributed by atoms with Gasteiger partial charge in [-0.1, -0.05) is 38.1 Å². The first-order chi connectivity index (χ1) is 15.3. The van der Waals surface area contributed by atoms with Crippen molar-refractivity contribution in [1.29, 1.82) is 0 Å². The normalized spacial score (nSPS) is 29.6. The fraction of sp³-hybridized carbons (Fsp3) is 0.481. The smallest absolute Gasteiger partial charge is 0.338 e. The molecule has 2 aliphatic carbocycles. The second-order valence-electron chi connectivity index (χ2n) is 9.81. The fourth-order valence-electron chi connectivity index (χ4n) is 6.25. The van der Waals surface area contributed by atoms with E-state index in [2.05, 4.69) is 13.8 Å². The quantitative estimate of drug-likeness (QED) is 0.546. The highest BCUT2D eigenvalue weighted by molar-refractivity contribution is 5.89. The standard InChI is InChI=1S/C27H32O5/c1-26(14-11-19-13-16-31-17-19)21(18-32-25(30)20-7-4-3-5-8-20)12-15-27(2)22(24(28)29)9-6-10-23(26)27/h3-5,7-9,13,16-17,21,23H,6,10-12,14-15,18H2,1-2H3,(H,28,29)/t21-,23+,26+,27+/m0/s1. The molecule has 1 N–H and O–H groups in total. The maximum Gasteiger partial charge on any atom is 0.338 e. The number of furan rings is 1. The van der Waals surface area contributed by atoms with Crippen LogP contribution in [-0.2, 0) is 16.0 Å². The minimum absolute atomic E-state index is 0.157. The molecule has 0 spiro atoms. The largest absolute Gasteiger partial charge is 0.478 e. The summed E-state index contributed by atoms with van der Waals surface area (Å²) in [6.45, 7) is 4.76. The van der Waals surface area contributed by atoms with E-state index in [9.17, 15) is 14.7 Å². The number of hydrogen-bond donors (Lipinski definition) is 1. The van der Waals surface area contributed by atoms with Gasteiger partial charge in [-0.05, 0) is 79.5 Å². The van der Waals surface area contributed by atoms with Gasteiger partial charge in [0, 0.05) is 11.0 Å². The molecule has 0 radical (unpaired) electrons. The zero-order valence-corrected chi connectivity index (χ0v) is 18.9. The molecule has 0 bridgehead atoms. The van der Waals surface area contributed by atoms with Crippen LogP contribution >= 0.6 is 0 Å². The van der Waals surface area contributed by atoms with Gasteiger partial charge in [-0.15, -0.1) is 0 Å². The molecule has 4 atom stereocenters. The second-order valence-corrected chi connectivity index (χ2v) is 9.81. The molecule has 0 aliphatic heterocycles. The number of carboxylic acid groups (broad SMARTS) is 1. The van der Waals surface area contributed by atoms with Crippen LogP contribution in [-0.4, -0.2) is 23.7 Å². The molecule has 0 amide bonds. The number of aryl methyl sites for hydroxylation is 1. The molecule has 1 aromatic heterocycles. The number of rotatable bonds is 7. The Hall–Kier alpha value is -2.82. The Bertz CT molecular complexity index is 977. The zero-order valence-electron chi connectivity index (χ0n) is 18.9. The number of benzene rings is 1. The van der Waals surface area contributed by atoms with Gasteiger partial charge in [0.2, 0.25) is 0 Å². The van der Waals surface area contributed by atoms with Crippen molar-refractivity contribution >= 4 is 11.9 Å². The number of carbonyl (C=O) groups excluding carboxylic acids is 1. The average molecular weight is 437 g/mol. The molecule has 5 nitrogen and oxygen atoms in total. The number of aliphatic carboxylic acids is 1. The lowest BCUT2D eigenvalue weighted by molar-refractivity contribution is -0.137. The van der Waals surface area contributed by atoms with Gasteiger partial charge in [-0.2, -0.15) is 0 Å². The molecule has 5 heteroatoms. The summed E-state index contributed by atoms with van der Waals surface area (Å²) in [6.07, 6.45) is 10.5. The summed E-state index contributed by atoms with van der Waals surface area (Å²) in [5, 5.41) is 9.91. The molecule has 2 aromatic rings. The van der Waals surface area contributed by atoms with Gasteiger partial charge < -0.3 is 14.3 Å². The zero-order chi connectivity index (χ0) is 22.8. The molecule has 0 saturated heterocycles. The summed E-state index contributed by atoms with van der Waals surface area (Å²) in [5.74, 6) is -0.713. The third-order valence-corrected chi connectivity index (χ3v) is 8.12. The summed E-state index contributed by atoms with van der Waals surface area (Å²) in [6, 6.07) is 11.1. The molecule has 1 fully saturated rings. The highest BCUT2D eigenvalue weighted by atomic mass is 16.5. The van der Waals surface area contributed by atoms with Crippen LogP contribution in [0.2, 0.25) is 0 Å². The first-order valence-corrected chi connectivity index (χ1v) is 11.5. The van der Waals surface area contributed by atoms with Crippen LogP contribution in [0, 0.1) is 22.7 Å². The van der Waals surface area contributed by atoms with E-state index < -0.39 is 5.97 Å².